The summed E-state index contributed by atoms with van der Waals surface area (Å²) in [5, 5.41) is 4.59. The topological polar surface area (TPSA) is 61.4 Å². The second-order valence-corrected chi connectivity index (χ2v) is 15.9. The van der Waals surface area contributed by atoms with Crippen molar-refractivity contribution in [3.05, 3.63) is 193 Å². The van der Waals surface area contributed by atoms with E-state index in [4.69, 9.17) is 19.9 Å². The van der Waals surface area contributed by atoms with E-state index in [0.29, 0.717) is 17.6 Å². The maximum absolute atomic E-state index is 5.24. The van der Waals surface area contributed by atoms with Crippen molar-refractivity contribution in [2.75, 3.05) is 0 Å². The smallest absolute Gasteiger partial charge is 0.238 e. The number of hydrogen-bond donors (Lipinski definition) is 0. The number of hydrogen-bond acceptors (Lipinski definition) is 4. The van der Waals surface area contributed by atoms with Gasteiger partial charge in [0, 0.05) is 50.0 Å². The van der Waals surface area contributed by atoms with Crippen LogP contribution in [0.4, 0.5) is 0 Å². The average molecular weight is 757 g/mol. The summed E-state index contributed by atoms with van der Waals surface area (Å²) in [6, 6.07) is 62.3. The van der Waals surface area contributed by atoms with Gasteiger partial charge in [0.05, 0.1) is 16.6 Å². The van der Waals surface area contributed by atoms with E-state index >= 15 is 0 Å². The van der Waals surface area contributed by atoms with Crippen LogP contribution in [0.5, 0.6) is 0 Å². The lowest BCUT2D eigenvalue weighted by atomic mass is 9.82. The summed E-state index contributed by atoms with van der Waals surface area (Å²) < 4.78 is 4.50. The molecule has 0 unspecified atom stereocenters. The summed E-state index contributed by atoms with van der Waals surface area (Å²) in [6.07, 6.45) is 1.87. The third-order valence-electron chi connectivity index (χ3n) is 12.2. The molecule has 12 rings (SSSR count). The lowest BCUT2D eigenvalue weighted by Gasteiger charge is -2.21. The lowest BCUT2D eigenvalue weighted by molar-refractivity contribution is 0.661. The van der Waals surface area contributed by atoms with Crippen LogP contribution in [-0.4, -0.2) is 29.1 Å². The standard InChI is InChI=1S/C53H36N6/c1-53(2)44-23-13-12-21-38(44)40-31-43-42-30-36(35-24-26-46-41(29-35)39-22-14-28-54-51(39)58(46)37-19-10-5-11-20-37)25-27-47(42)59(48(43)32-45(40)53)52-56-49(33-15-6-3-7-16-33)55-50(57-52)34-17-8-4-9-18-34/h3-32H,1-2H3. The fourth-order valence-corrected chi connectivity index (χ4v) is 9.37. The summed E-state index contributed by atoms with van der Waals surface area (Å²) in [7, 11) is 0. The van der Waals surface area contributed by atoms with Gasteiger partial charge < -0.3 is 0 Å². The van der Waals surface area contributed by atoms with Crippen LogP contribution < -0.4 is 0 Å². The Hall–Kier alpha value is -7.70. The monoisotopic (exact) mass is 756 g/mol. The average Bonchev–Trinajstić information content (AvgIpc) is 3.88. The van der Waals surface area contributed by atoms with Crippen LogP contribution in [0.25, 0.3) is 100 Å². The van der Waals surface area contributed by atoms with Gasteiger partial charge in [0.25, 0.3) is 0 Å². The van der Waals surface area contributed by atoms with Gasteiger partial charge in [0.15, 0.2) is 11.6 Å². The van der Waals surface area contributed by atoms with Crippen molar-refractivity contribution in [3.8, 4) is 56.7 Å². The highest BCUT2D eigenvalue weighted by Crippen LogP contribution is 2.51. The fourth-order valence-electron chi connectivity index (χ4n) is 9.37. The first-order valence-corrected chi connectivity index (χ1v) is 20.1. The number of rotatable bonds is 5. The molecule has 0 saturated carbocycles. The van der Waals surface area contributed by atoms with Crippen LogP contribution in [-0.2, 0) is 5.41 Å². The first-order valence-electron chi connectivity index (χ1n) is 20.1. The second-order valence-electron chi connectivity index (χ2n) is 15.9. The van der Waals surface area contributed by atoms with Gasteiger partial charge in [-0.3, -0.25) is 9.13 Å². The fraction of sp³-hybridized carbons (Fsp3) is 0.0566. The molecule has 4 aromatic heterocycles. The molecule has 0 radical (unpaired) electrons. The Kier molecular flexibility index (Phi) is 7.17. The van der Waals surface area contributed by atoms with E-state index in [1.54, 1.807) is 0 Å². The van der Waals surface area contributed by atoms with E-state index in [1.165, 1.54) is 27.6 Å². The zero-order valence-corrected chi connectivity index (χ0v) is 32.5. The summed E-state index contributed by atoms with van der Waals surface area (Å²) in [4.78, 5) is 20.4. The second kappa shape index (κ2) is 12.7. The molecule has 59 heavy (non-hydrogen) atoms. The zero-order chi connectivity index (χ0) is 39.2. The number of benzene rings is 7. The van der Waals surface area contributed by atoms with E-state index in [2.05, 4.69) is 156 Å². The van der Waals surface area contributed by atoms with Crippen LogP contribution in [0.2, 0.25) is 0 Å². The first kappa shape index (κ1) is 33.4. The summed E-state index contributed by atoms with van der Waals surface area (Å²) >= 11 is 0. The molecule has 7 aromatic carbocycles. The minimum Gasteiger partial charge on any atom is -0.294 e. The Morgan fingerprint density at radius 2 is 0.983 bits per heavy atom. The molecule has 0 fully saturated rings. The molecule has 0 spiro atoms. The predicted octanol–water partition coefficient (Wildman–Crippen LogP) is 12.8. The molecule has 0 saturated heterocycles. The Labute approximate surface area is 340 Å². The third-order valence-corrected chi connectivity index (χ3v) is 12.2. The van der Waals surface area contributed by atoms with Gasteiger partial charge in [-0.05, 0) is 94.0 Å². The van der Waals surface area contributed by atoms with E-state index in [1.807, 2.05) is 48.7 Å². The Balaban J connectivity index is 1.12. The SMILES string of the molecule is CC1(C)c2ccccc2-c2cc3c4cc(-c5ccc6c(c5)c5cccnc5n6-c5ccccc5)ccc4n(-c4nc(-c5ccccc5)nc(-c5ccccc5)n4)c3cc21. The first-order chi connectivity index (χ1) is 29.0. The highest BCUT2D eigenvalue weighted by molar-refractivity contribution is 6.13. The van der Waals surface area contributed by atoms with Crippen molar-refractivity contribution in [2.24, 2.45) is 0 Å². The predicted molar refractivity (Wildman–Crippen MR) is 240 cm³/mol. The summed E-state index contributed by atoms with van der Waals surface area (Å²) in [5.74, 6) is 1.85. The van der Waals surface area contributed by atoms with Gasteiger partial charge >= 0.3 is 0 Å². The van der Waals surface area contributed by atoms with Gasteiger partial charge in [0.1, 0.15) is 5.65 Å². The Morgan fingerprint density at radius 1 is 0.407 bits per heavy atom. The van der Waals surface area contributed by atoms with E-state index in [0.717, 1.165) is 66.3 Å². The number of nitrogens with zero attached hydrogens (tertiary/aromatic N) is 6. The zero-order valence-electron chi connectivity index (χ0n) is 32.5. The molecule has 1 aliphatic carbocycles. The van der Waals surface area contributed by atoms with Gasteiger partial charge in [0.2, 0.25) is 5.95 Å². The molecule has 1 aliphatic rings. The number of fused-ring (bicyclic) bond motifs is 9. The summed E-state index contributed by atoms with van der Waals surface area (Å²) in [5.41, 5.74) is 14.4. The van der Waals surface area contributed by atoms with Crippen molar-refractivity contribution >= 4 is 43.7 Å². The van der Waals surface area contributed by atoms with E-state index < -0.39 is 0 Å². The Bertz CT molecular complexity index is 3400. The molecule has 0 aliphatic heterocycles. The highest BCUT2D eigenvalue weighted by Gasteiger charge is 2.36. The minimum atomic E-state index is -0.181. The van der Waals surface area contributed by atoms with Crippen molar-refractivity contribution < 1.29 is 0 Å². The van der Waals surface area contributed by atoms with Gasteiger partial charge in [-0.2, -0.15) is 9.97 Å². The van der Waals surface area contributed by atoms with Crippen LogP contribution >= 0.6 is 0 Å². The molecule has 0 amide bonds. The third kappa shape index (κ3) is 5.06. The molecule has 4 heterocycles. The van der Waals surface area contributed by atoms with Gasteiger partial charge in [-0.15, -0.1) is 0 Å². The van der Waals surface area contributed by atoms with Crippen LogP contribution in [0.15, 0.2) is 182 Å². The lowest BCUT2D eigenvalue weighted by Crippen LogP contribution is -2.15. The number of para-hydroxylation sites is 1. The maximum Gasteiger partial charge on any atom is 0.238 e. The highest BCUT2D eigenvalue weighted by atomic mass is 15.2. The molecular weight excluding hydrogens is 721 g/mol. The molecule has 11 aromatic rings. The van der Waals surface area contributed by atoms with Crippen LogP contribution in [0.1, 0.15) is 25.0 Å². The van der Waals surface area contributed by atoms with Gasteiger partial charge in [-0.25, -0.2) is 9.97 Å². The Morgan fingerprint density at radius 3 is 1.66 bits per heavy atom. The maximum atomic E-state index is 5.24. The quantitative estimate of drug-likeness (QED) is 0.175. The largest absolute Gasteiger partial charge is 0.294 e. The van der Waals surface area contributed by atoms with Gasteiger partial charge in [-0.1, -0.05) is 129 Å². The minimum absolute atomic E-state index is 0.181. The van der Waals surface area contributed by atoms with E-state index in [9.17, 15) is 0 Å². The molecule has 6 nitrogen and oxygen atoms in total. The van der Waals surface area contributed by atoms with E-state index in [-0.39, 0.29) is 5.41 Å². The van der Waals surface area contributed by atoms with Crippen molar-refractivity contribution in [2.45, 2.75) is 19.3 Å². The molecule has 0 atom stereocenters. The molecule has 278 valence electrons. The molecular formula is C53H36N6. The normalized spacial score (nSPS) is 13.1. The van der Waals surface area contributed by atoms with Crippen LogP contribution in [0.3, 0.4) is 0 Å². The van der Waals surface area contributed by atoms with Crippen molar-refractivity contribution in [1.29, 1.82) is 0 Å². The molecule has 6 heteroatoms. The summed E-state index contributed by atoms with van der Waals surface area (Å²) in [6.45, 7) is 4.66. The van der Waals surface area contributed by atoms with Crippen molar-refractivity contribution in [1.82, 2.24) is 29.1 Å². The number of aromatic nitrogens is 6. The molecule has 0 bridgehead atoms. The van der Waals surface area contributed by atoms with Crippen LogP contribution in [0, 0.1) is 0 Å². The van der Waals surface area contributed by atoms with Crippen molar-refractivity contribution in [3.63, 3.8) is 0 Å². The molecule has 0 N–H and O–H groups in total. The number of pyridine rings is 1.